The summed E-state index contributed by atoms with van der Waals surface area (Å²) in [5.74, 6) is 0.995. The first-order valence-electron chi connectivity index (χ1n) is 6.14. The molecule has 0 amide bonds. The van der Waals surface area contributed by atoms with E-state index in [2.05, 4.69) is 20.4 Å². The minimum atomic E-state index is 0.287. The number of nitrogens with two attached hydrogens (primary N) is 2. The van der Waals surface area contributed by atoms with Crippen LogP contribution < -0.4 is 11.1 Å². The van der Waals surface area contributed by atoms with Gasteiger partial charge < -0.3 is 5.73 Å². The van der Waals surface area contributed by atoms with E-state index >= 15 is 0 Å². The summed E-state index contributed by atoms with van der Waals surface area (Å²) in [5, 5.41) is 5.54. The average Bonchev–Trinajstić information content (AvgIpc) is 2.58. The zero-order chi connectivity index (χ0) is 12.1. The lowest BCUT2D eigenvalue weighted by molar-refractivity contribution is -0.615. The fourth-order valence-electron chi connectivity index (χ4n) is 2.34. The first-order chi connectivity index (χ1) is 8.31. The molecule has 1 aromatic heterocycles. The standard InChI is InChI=1S/C11H18N6/c12-10-9(17-13)11(15-7-14-10)16-8-5-3-1-2-4-6-8/h7-8,13H,1-6H2,(H3,12,14,15,16)/p+1. The largest absolute Gasteiger partial charge is 0.382 e. The van der Waals surface area contributed by atoms with E-state index < -0.39 is 0 Å². The normalized spacial score (nSPS) is 17.6. The number of nitrogens with one attached hydrogen (secondary N) is 1. The number of aromatic nitrogens is 2. The van der Waals surface area contributed by atoms with E-state index in [9.17, 15) is 0 Å². The van der Waals surface area contributed by atoms with Crippen LogP contribution in [0, 0.1) is 5.53 Å². The molecule has 0 atom stereocenters. The third-order valence-corrected chi connectivity index (χ3v) is 3.28. The van der Waals surface area contributed by atoms with Crippen molar-refractivity contribution < 1.29 is 5.32 Å². The van der Waals surface area contributed by atoms with Gasteiger partial charge in [-0.05, 0) is 25.7 Å². The Hall–Kier alpha value is -1.56. The number of anilines is 1. The summed E-state index contributed by atoms with van der Waals surface area (Å²) in [6, 6.07) is 0.535. The Morgan fingerprint density at radius 3 is 2.59 bits per heavy atom. The van der Waals surface area contributed by atoms with Gasteiger partial charge in [0.05, 0.1) is 6.04 Å². The lowest BCUT2D eigenvalue weighted by Crippen LogP contribution is -2.84. The SMILES string of the molecule is N=Nc1c(N)ncnc1[NH2+]C1CCCCCC1. The van der Waals surface area contributed by atoms with Crippen LogP contribution in [0.4, 0.5) is 17.3 Å². The van der Waals surface area contributed by atoms with Crippen molar-refractivity contribution in [2.45, 2.75) is 44.6 Å². The highest BCUT2D eigenvalue weighted by Crippen LogP contribution is 2.24. The van der Waals surface area contributed by atoms with Crippen molar-refractivity contribution in [3.8, 4) is 0 Å². The van der Waals surface area contributed by atoms with E-state index in [1.807, 2.05) is 0 Å². The maximum atomic E-state index is 7.13. The number of nitrogens with zero attached hydrogens (tertiary/aromatic N) is 3. The molecule has 0 radical (unpaired) electrons. The highest BCUT2D eigenvalue weighted by molar-refractivity contribution is 5.65. The van der Waals surface area contributed by atoms with Crippen LogP contribution in [-0.2, 0) is 0 Å². The predicted octanol–water partition coefficient (Wildman–Crippen LogP) is 1.64. The molecule has 92 valence electrons. The molecule has 0 unspecified atom stereocenters. The van der Waals surface area contributed by atoms with Crippen LogP contribution in [0.2, 0.25) is 0 Å². The fourth-order valence-corrected chi connectivity index (χ4v) is 2.34. The third-order valence-electron chi connectivity index (χ3n) is 3.28. The Morgan fingerprint density at radius 2 is 1.94 bits per heavy atom. The molecule has 1 fully saturated rings. The van der Waals surface area contributed by atoms with E-state index in [1.165, 1.54) is 44.9 Å². The van der Waals surface area contributed by atoms with Crippen LogP contribution in [0.15, 0.2) is 11.4 Å². The molecule has 0 saturated heterocycles. The molecule has 1 aliphatic carbocycles. The number of hydrogen-bond acceptors (Lipinski definition) is 5. The molecule has 0 aliphatic heterocycles. The van der Waals surface area contributed by atoms with Gasteiger partial charge in [-0.3, -0.25) is 5.32 Å². The van der Waals surface area contributed by atoms with Gasteiger partial charge in [0, 0.05) is 0 Å². The maximum Gasteiger partial charge on any atom is 0.258 e. The molecule has 0 bridgehead atoms. The highest BCUT2D eigenvalue weighted by Gasteiger charge is 2.20. The summed E-state index contributed by atoms with van der Waals surface area (Å²) in [6.45, 7) is 0. The molecule has 0 spiro atoms. The highest BCUT2D eigenvalue weighted by atomic mass is 15.1. The van der Waals surface area contributed by atoms with Gasteiger partial charge in [0.1, 0.15) is 6.33 Å². The Balaban J connectivity index is 2.11. The Morgan fingerprint density at radius 1 is 1.24 bits per heavy atom. The van der Waals surface area contributed by atoms with Crippen molar-refractivity contribution in [2.75, 3.05) is 5.73 Å². The zero-order valence-electron chi connectivity index (χ0n) is 9.89. The van der Waals surface area contributed by atoms with Crippen LogP contribution in [0.5, 0.6) is 0 Å². The molecule has 17 heavy (non-hydrogen) atoms. The molecule has 5 N–H and O–H groups in total. The molecule has 1 aliphatic rings. The molecule has 1 heterocycles. The van der Waals surface area contributed by atoms with Crippen molar-refractivity contribution in [2.24, 2.45) is 5.11 Å². The Labute approximate surface area is 101 Å². The quantitative estimate of drug-likeness (QED) is 0.547. The Bertz CT molecular complexity index is 384. The van der Waals surface area contributed by atoms with E-state index in [0.29, 0.717) is 17.5 Å². The van der Waals surface area contributed by atoms with Crippen LogP contribution in [0.3, 0.4) is 0 Å². The van der Waals surface area contributed by atoms with Gasteiger partial charge in [0.25, 0.3) is 5.82 Å². The second-order valence-electron chi connectivity index (χ2n) is 4.52. The summed E-state index contributed by atoms with van der Waals surface area (Å²) >= 11 is 0. The minimum Gasteiger partial charge on any atom is -0.382 e. The molecular weight excluding hydrogens is 216 g/mol. The van der Waals surface area contributed by atoms with Crippen LogP contribution in [0.25, 0.3) is 0 Å². The Kier molecular flexibility index (Phi) is 3.98. The first-order valence-corrected chi connectivity index (χ1v) is 6.14. The van der Waals surface area contributed by atoms with Crippen molar-refractivity contribution in [3.63, 3.8) is 0 Å². The lowest BCUT2D eigenvalue weighted by Gasteiger charge is -2.12. The number of hydrogen-bond donors (Lipinski definition) is 3. The second-order valence-corrected chi connectivity index (χ2v) is 4.52. The zero-order valence-corrected chi connectivity index (χ0v) is 9.89. The van der Waals surface area contributed by atoms with E-state index in [1.54, 1.807) is 0 Å². The van der Waals surface area contributed by atoms with Crippen LogP contribution in [0.1, 0.15) is 38.5 Å². The predicted molar refractivity (Wildman–Crippen MR) is 64.3 cm³/mol. The smallest absolute Gasteiger partial charge is 0.258 e. The van der Waals surface area contributed by atoms with Gasteiger partial charge in [-0.2, -0.15) is 4.98 Å². The monoisotopic (exact) mass is 235 g/mol. The van der Waals surface area contributed by atoms with Crippen LogP contribution >= 0.6 is 0 Å². The summed E-state index contributed by atoms with van der Waals surface area (Å²) < 4.78 is 0. The lowest BCUT2D eigenvalue weighted by atomic mass is 10.1. The second kappa shape index (κ2) is 5.67. The molecule has 2 rings (SSSR count). The van der Waals surface area contributed by atoms with Crippen LogP contribution in [-0.4, -0.2) is 16.0 Å². The number of quaternary nitrogens is 1. The van der Waals surface area contributed by atoms with Gasteiger partial charge >= 0.3 is 0 Å². The van der Waals surface area contributed by atoms with Crippen molar-refractivity contribution in [1.82, 2.24) is 9.97 Å². The molecule has 6 heteroatoms. The third kappa shape index (κ3) is 2.97. The van der Waals surface area contributed by atoms with Gasteiger partial charge in [-0.1, -0.05) is 12.8 Å². The minimum absolute atomic E-state index is 0.287. The summed E-state index contributed by atoms with van der Waals surface area (Å²) in [5.41, 5.74) is 13.2. The van der Waals surface area contributed by atoms with E-state index in [4.69, 9.17) is 11.3 Å². The van der Waals surface area contributed by atoms with Crippen molar-refractivity contribution >= 4 is 17.3 Å². The fraction of sp³-hybridized carbons (Fsp3) is 0.636. The van der Waals surface area contributed by atoms with Gasteiger partial charge in [-0.25, -0.2) is 10.5 Å². The molecule has 1 aromatic rings. The summed E-state index contributed by atoms with van der Waals surface area (Å²) in [4.78, 5) is 8.03. The average molecular weight is 235 g/mol. The van der Waals surface area contributed by atoms with Gasteiger partial charge in [0.15, 0.2) is 5.82 Å². The topological polar surface area (TPSA) is 105 Å². The first kappa shape index (κ1) is 11.9. The van der Waals surface area contributed by atoms with Gasteiger partial charge in [0.2, 0.25) is 5.69 Å². The molecule has 0 aromatic carbocycles. The summed E-state index contributed by atoms with van der Waals surface area (Å²) in [7, 11) is 0. The van der Waals surface area contributed by atoms with Crippen molar-refractivity contribution in [1.29, 1.82) is 5.53 Å². The summed E-state index contributed by atoms with van der Waals surface area (Å²) in [6.07, 6.45) is 9.03. The molecular formula is C11H19N6+. The van der Waals surface area contributed by atoms with Gasteiger partial charge in [-0.15, -0.1) is 5.11 Å². The molecule has 1 saturated carbocycles. The molecule has 6 nitrogen and oxygen atoms in total. The maximum absolute atomic E-state index is 7.13. The number of nitrogen functional groups attached to an aromatic ring is 1. The van der Waals surface area contributed by atoms with E-state index in [0.717, 1.165) is 0 Å². The van der Waals surface area contributed by atoms with E-state index in [-0.39, 0.29) is 5.82 Å². The number of rotatable bonds is 3. The van der Waals surface area contributed by atoms with Crippen molar-refractivity contribution in [3.05, 3.63) is 6.33 Å².